The molecule has 1 aliphatic heterocycles. The van der Waals surface area contributed by atoms with Gasteiger partial charge in [0.05, 0.1) is 11.2 Å². The van der Waals surface area contributed by atoms with Crippen molar-refractivity contribution in [1.29, 1.82) is 0 Å². The highest BCUT2D eigenvalue weighted by molar-refractivity contribution is 5.98. The van der Waals surface area contributed by atoms with Crippen molar-refractivity contribution in [2.24, 2.45) is 0 Å². The Kier molecular flexibility index (Phi) is 5.56. The molecule has 0 saturated carbocycles. The minimum absolute atomic E-state index is 0.207. The van der Waals surface area contributed by atoms with Crippen LogP contribution >= 0.6 is 0 Å². The molecule has 7 nitrogen and oxygen atoms in total. The average Bonchev–Trinajstić information content (AvgIpc) is 3.23. The lowest BCUT2D eigenvalue weighted by molar-refractivity contribution is 0.254. The molecule has 2 N–H and O–H groups in total. The van der Waals surface area contributed by atoms with E-state index in [0.29, 0.717) is 17.5 Å². The Morgan fingerprint density at radius 3 is 2.81 bits per heavy atom. The summed E-state index contributed by atoms with van der Waals surface area (Å²) in [6, 6.07) is 17.0. The molecule has 7 heteroatoms. The van der Waals surface area contributed by atoms with Crippen molar-refractivity contribution in [3.8, 4) is 11.6 Å². The first-order valence-corrected chi connectivity index (χ1v) is 10.9. The number of amides is 1. The van der Waals surface area contributed by atoms with Crippen LogP contribution in [0.3, 0.4) is 0 Å². The van der Waals surface area contributed by atoms with Crippen LogP contribution in [0.1, 0.15) is 30.0 Å². The summed E-state index contributed by atoms with van der Waals surface area (Å²) >= 11 is 0. The van der Waals surface area contributed by atoms with Crippen LogP contribution in [0, 0.1) is 6.92 Å². The molecule has 0 unspecified atom stereocenters. The second-order valence-corrected chi connectivity index (χ2v) is 8.11. The molecular formula is C25H25N5O2. The number of piperidine rings is 1. The van der Waals surface area contributed by atoms with Crippen LogP contribution in [0.4, 0.5) is 10.5 Å². The molecule has 5 rings (SSSR count). The highest BCUT2D eigenvalue weighted by Crippen LogP contribution is 2.29. The van der Waals surface area contributed by atoms with Crippen molar-refractivity contribution >= 4 is 22.6 Å². The zero-order valence-corrected chi connectivity index (χ0v) is 17.9. The van der Waals surface area contributed by atoms with Crippen molar-refractivity contribution < 1.29 is 9.53 Å². The van der Waals surface area contributed by atoms with E-state index in [1.807, 2.05) is 61.5 Å². The Hall–Kier alpha value is -3.71. The average molecular weight is 428 g/mol. The van der Waals surface area contributed by atoms with Gasteiger partial charge in [-0.2, -0.15) is 0 Å². The summed E-state index contributed by atoms with van der Waals surface area (Å²) < 4.78 is 7.62. The number of nitrogens with one attached hydrogen (secondary N) is 2. The zero-order valence-electron chi connectivity index (χ0n) is 17.9. The predicted octanol–water partition coefficient (Wildman–Crippen LogP) is 5.08. The number of aryl methyl sites for hydroxylation is 1. The molecule has 162 valence electrons. The summed E-state index contributed by atoms with van der Waals surface area (Å²) in [6.07, 6.45) is 5.47. The number of benzene rings is 2. The molecule has 0 spiro atoms. The molecule has 1 fully saturated rings. The van der Waals surface area contributed by atoms with Crippen LogP contribution < -0.4 is 15.4 Å². The lowest BCUT2D eigenvalue weighted by Gasteiger charge is -2.22. The number of ether oxygens (including phenoxy) is 1. The summed E-state index contributed by atoms with van der Waals surface area (Å²) in [4.78, 5) is 21.5. The summed E-state index contributed by atoms with van der Waals surface area (Å²) in [5.74, 6) is 1.64. The number of nitrogens with zero attached hydrogens (tertiary/aromatic N) is 3. The fourth-order valence-electron chi connectivity index (χ4n) is 4.14. The summed E-state index contributed by atoms with van der Waals surface area (Å²) in [6.45, 7) is 4.02. The van der Waals surface area contributed by atoms with Crippen LogP contribution in [0.15, 0.2) is 67.1 Å². The van der Waals surface area contributed by atoms with E-state index in [1.54, 1.807) is 17.1 Å². The Labute approximate surface area is 186 Å². The van der Waals surface area contributed by atoms with Crippen molar-refractivity contribution in [1.82, 2.24) is 19.9 Å². The predicted molar refractivity (Wildman–Crippen MR) is 124 cm³/mol. The van der Waals surface area contributed by atoms with E-state index in [0.717, 1.165) is 53.8 Å². The Bertz CT molecular complexity index is 1260. The van der Waals surface area contributed by atoms with Crippen LogP contribution in [0.5, 0.6) is 11.6 Å². The zero-order chi connectivity index (χ0) is 21.9. The van der Waals surface area contributed by atoms with Gasteiger partial charge in [0.1, 0.15) is 12.1 Å². The number of carbonyl (C=O) groups excluding carboxylic acids is 1. The van der Waals surface area contributed by atoms with Crippen LogP contribution in [-0.2, 0) is 0 Å². The van der Waals surface area contributed by atoms with Gasteiger partial charge in [0.15, 0.2) is 0 Å². The number of carbonyl (C=O) groups is 1. The Morgan fingerprint density at radius 1 is 1.09 bits per heavy atom. The third-order valence-electron chi connectivity index (χ3n) is 5.79. The Balaban J connectivity index is 1.33. The normalized spacial score (nSPS) is 14.4. The van der Waals surface area contributed by atoms with Crippen molar-refractivity contribution in [3.63, 3.8) is 0 Å². The topological polar surface area (TPSA) is 81.1 Å². The minimum atomic E-state index is -0.207. The molecule has 1 amide bonds. The van der Waals surface area contributed by atoms with E-state index < -0.39 is 0 Å². The molecule has 1 saturated heterocycles. The second-order valence-electron chi connectivity index (χ2n) is 8.11. The van der Waals surface area contributed by atoms with Crippen LogP contribution in [0.2, 0.25) is 0 Å². The summed E-state index contributed by atoms with van der Waals surface area (Å²) in [5.41, 5.74) is 3.69. The highest BCUT2D eigenvalue weighted by atomic mass is 16.5. The molecule has 1 aliphatic rings. The molecular weight excluding hydrogens is 402 g/mol. The first-order chi connectivity index (χ1) is 15.7. The van der Waals surface area contributed by atoms with E-state index >= 15 is 0 Å². The lowest BCUT2D eigenvalue weighted by Crippen LogP contribution is -2.27. The molecule has 0 radical (unpaired) electrons. The van der Waals surface area contributed by atoms with Gasteiger partial charge in [0, 0.05) is 29.3 Å². The van der Waals surface area contributed by atoms with Gasteiger partial charge in [-0.05, 0) is 74.8 Å². The molecule has 3 heterocycles. The van der Waals surface area contributed by atoms with Gasteiger partial charge in [-0.3, -0.25) is 4.57 Å². The van der Waals surface area contributed by atoms with Gasteiger partial charge in [0.25, 0.3) is 0 Å². The third kappa shape index (κ3) is 4.33. The number of anilines is 1. The van der Waals surface area contributed by atoms with E-state index in [9.17, 15) is 4.79 Å². The van der Waals surface area contributed by atoms with Gasteiger partial charge in [-0.25, -0.2) is 14.8 Å². The second kappa shape index (κ2) is 8.80. The standard InChI is InChI=1S/C25H25N5O2/c1-17-3-2-4-20(13-17)29-25(31)30-12-9-19-14-21(5-6-23(19)30)32-24-15-22(27-16-28-24)18-7-10-26-11-8-18/h2-6,9,12-16,18,26H,7-8,10-11H2,1H3,(H,29,31). The van der Waals surface area contributed by atoms with Gasteiger partial charge in [-0.1, -0.05) is 12.1 Å². The molecule has 4 aromatic rings. The lowest BCUT2D eigenvalue weighted by atomic mass is 9.94. The molecule has 0 aliphatic carbocycles. The maximum atomic E-state index is 12.8. The molecule has 2 aromatic carbocycles. The monoisotopic (exact) mass is 427 g/mol. The minimum Gasteiger partial charge on any atom is -0.439 e. The maximum Gasteiger partial charge on any atom is 0.330 e. The maximum absolute atomic E-state index is 12.8. The number of aromatic nitrogens is 3. The van der Waals surface area contributed by atoms with Crippen LogP contribution in [-0.4, -0.2) is 33.7 Å². The van der Waals surface area contributed by atoms with Crippen molar-refractivity contribution in [2.45, 2.75) is 25.7 Å². The smallest absolute Gasteiger partial charge is 0.330 e. The highest BCUT2D eigenvalue weighted by Gasteiger charge is 2.17. The third-order valence-corrected chi connectivity index (χ3v) is 5.79. The van der Waals surface area contributed by atoms with Crippen molar-refractivity contribution in [3.05, 3.63) is 78.4 Å². The molecule has 0 atom stereocenters. The number of fused-ring (bicyclic) bond motifs is 1. The number of hydrogen-bond donors (Lipinski definition) is 2. The number of rotatable bonds is 4. The first kappa shape index (κ1) is 20.2. The fourth-order valence-corrected chi connectivity index (χ4v) is 4.14. The van der Waals surface area contributed by atoms with E-state index in [1.165, 1.54) is 0 Å². The SMILES string of the molecule is Cc1cccc(NC(=O)n2ccc3cc(Oc4cc(C5CCNCC5)ncn4)ccc32)c1. The van der Waals surface area contributed by atoms with Crippen molar-refractivity contribution in [2.75, 3.05) is 18.4 Å². The first-order valence-electron chi connectivity index (χ1n) is 10.9. The molecule has 32 heavy (non-hydrogen) atoms. The van der Waals surface area contributed by atoms with E-state index in [2.05, 4.69) is 20.6 Å². The fraction of sp³-hybridized carbons (Fsp3) is 0.240. The number of hydrogen-bond acceptors (Lipinski definition) is 5. The van der Waals surface area contributed by atoms with Gasteiger partial charge in [-0.15, -0.1) is 0 Å². The Morgan fingerprint density at radius 2 is 1.97 bits per heavy atom. The largest absolute Gasteiger partial charge is 0.439 e. The van der Waals surface area contributed by atoms with E-state index in [-0.39, 0.29) is 6.03 Å². The molecule has 2 aromatic heterocycles. The van der Waals surface area contributed by atoms with E-state index in [4.69, 9.17) is 4.74 Å². The quantitative estimate of drug-likeness (QED) is 0.475. The van der Waals surface area contributed by atoms with Gasteiger partial charge >= 0.3 is 6.03 Å². The van der Waals surface area contributed by atoms with Gasteiger partial charge in [0.2, 0.25) is 5.88 Å². The summed E-state index contributed by atoms with van der Waals surface area (Å²) in [5, 5.41) is 7.23. The van der Waals surface area contributed by atoms with Crippen LogP contribution in [0.25, 0.3) is 10.9 Å². The summed E-state index contributed by atoms with van der Waals surface area (Å²) in [7, 11) is 0. The van der Waals surface area contributed by atoms with Gasteiger partial charge < -0.3 is 15.4 Å². The molecule has 0 bridgehead atoms.